The van der Waals surface area contributed by atoms with E-state index >= 15 is 0 Å². The summed E-state index contributed by atoms with van der Waals surface area (Å²) in [4.78, 5) is 11.7. The van der Waals surface area contributed by atoms with E-state index in [1.807, 2.05) is 0 Å². The molecule has 1 aliphatic carbocycles. The van der Waals surface area contributed by atoms with Gasteiger partial charge in [0.25, 0.3) is 0 Å². The third-order valence-corrected chi connectivity index (χ3v) is 3.66. The highest BCUT2D eigenvalue weighted by Gasteiger charge is 2.33. The Labute approximate surface area is 116 Å². The van der Waals surface area contributed by atoms with E-state index in [0.29, 0.717) is 12.2 Å². The summed E-state index contributed by atoms with van der Waals surface area (Å²) >= 11 is 5.86. The van der Waals surface area contributed by atoms with Crippen molar-refractivity contribution in [1.82, 2.24) is 15.0 Å². The van der Waals surface area contributed by atoms with Gasteiger partial charge in [-0.3, -0.25) is 0 Å². The van der Waals surface area contributed by atoms with Crippen molar-refractivity contribution in [1.29, 1.82) is 0 Å². The average molecular weight is 288 g/mol. The van der Waals surface area contributed by atoms with E-state index in [4.69, 9.17) is 16.3 Å². The fraction of sp³-hybridized carbons (Fsp3) is 0.750. The van der Waals surface area contributed by atoms with Crippen molar-refractivity contribution < 1.29 is 14.6 Å². The van der Waals surface area contributed by atoms with E-state index in [1.165, 1.54) is 4.68 Å². The first-order valence-corrected chi connectivity index (χ1v) is 7.01. The number of aliphatic hydroxyl groups is 1. The molecule has 0 radical (unpaired) electrons. The Kier molecular flexibility index (Phi) is 4.42. The molecule has 0 spiro atoms. The van der Waals surface area contributed by atoms with Crippen LogP contribution in [0, 0.1) is 0 Å². The lowest BCUT2D eigenvalue weighted by Gasteiger charge is -2.22. The van der Waals surface area contributed by atoms with Gasteiger partial charge < -0.3 is 9.84 Å². The van der Waals surface area contributed by atoms with Crippen LogP contribution in [0.15, 0.2) is 0 Å². The number of halogens is 1. The molecule has 7 heteroatoms. The molecule has 0 aromatic carbocycles. The van der Waals surface area contributed by atoms with Gasteiger partial charge in [-0.15, -0.1) is 16.7 Å². The molecular formula is C12H18ClN3O3. The summed E-state index contributed by atoms with van der Waals surface area (Å²) in [6.45, 7) is 2.32. The maximum absolute atomic E-state index is 11.7. The number of ether oxygens (including phenoxy) is 1. The zero-order valence-corrected chi connectivity index (χ0v) is 11.7. The van der Waals surface area contributed by atoms with Crippen LogP contribution in [-0.2, 0) is 17.2 Å². The highest BCUT2D eigenvalue weighted by Crippen LogP contribution is 2.31. The highest BCUT2D eigenvalue weighted by atomic mass is 35.5. The maximum Gasteiger partial charge on any atom is 0.360 e. The van der Waals surface area contributed by atoms with Crippen molar-refractivity contribution in [2.45, 2.75) is 50.6 Å². The van der Waals surface area contributed by atoms with Crippen LogP contribution in [0.1, 0.15) is 48.8 Å². The largest absolute Gasteiger partial charge is 0.461 e. The third-order valence-electron chi connectivity index (χ3n) is 3.41. The molecule has 0 saturated heterocycles. The Bertz CT molecular complexity index is 455. The maximum atomic E-state index is 11.7. The first-order valence-electron chi connectivity index (χ1n) is 6.47. The van der Waals surface area contributed by atoms with E-state index < -0.39 is 11.6 Å². The van der Waals surface area contributed by atoms with Crippen molar-refractivity contribution in [3.63, 3.8) is 0 Å². The van der Waals surface area contributed by atoms with Crippen LogP contribution in [0.3, 0.4) is 0 Å². The van der Waals surface area contributed by atoms with Crippen LogP contribution in [-0.4, -0.2) is 38.3 Å². The lowest BCUT2D eigenvalue weighted by molar-refractivity contribution is 0.0252. The van der Waals surface area contributed by atoms with E-state index in [0.717, 1.165) is 25.7 Å². The molecule has 2 rings (SSSR count). The molecule has 1 fully saturated rings. The van der Waals surface area contributed by atoms with Gasteiger partial charge in [0.15, 0.2) is 5.69 Å². The summed E-state index contributed by atoms with van der Waals surface area (Å²) in [6.07, 6.45) is 3.49. The molecule has 1 aromatic heterocycles. The van der Waals surface area contributed by atoms with Gasteiger partial charge in [0.2, 0.25) is 0 Å². The monoisotopic (exact) mass is 287 g/mol. The van der Waals surface area contributed by atoms with Gasteiger partial charge in [0.05, 0.1) is 30.3 Å². The summed E-state index contributed by atoms with van der Waals surface area (Å²) in [6, 6.07) is 0. The molecule has 1 aromatic rings. The number of aromatic nitrogens is 3. The Hall–Kier alpha value is -1.14. The standard InChI is InChI=1S/C12H18ClN3O3/c1-2-19-11(17)10-9(7-13)16(15-14-10)8-12(18)5-3-4-6-12/h18H,2-8H2,1H3. The van der Waals surface area contributed by atoms with Crippen LogP contribution in [0.25, 0.3) is 0 Å². The van der Waals surface area contributed by atoms with Gasteiger partial charge in [-0.2, -0.15) is 0 Å². The summed E-state index contributed by atoms with van der Waals surface area (Å²) in [5.74, 6) is -0.417. The minimum Gasteiger partial charge on any atom is -0.461 e. The van der Waals surface area contributed by atoms with Gasteiger partial charge >= 0.3 is 5.97 Å². The SMILES string of the molecule is CCOC(=O)c1nnn(CC2(O)CCCC2)c1CCl. The van der Waals surface area contributed by atoms with Crippen LogP contribution in [0.5, 0.6) is 0 Å². The Morgan fingerprint density at radius 2 is 2.21 bits per heavy atom. The van der Waals surface area contributed by atoms with Gasteiger partial charge in [0, 0.05) is 0 Å². The van der Waals surface area contributed by atoms with Crippen LogP contribution in [0.2, 0.25) is 0 Å². The zero-order chi connectivity index (χ0) is 13.9. The summed E-state index contributed by atoms with van der Waals surface area (Å²) in [5.41, 5.74) is -0.126. The minimum atomic E-state index is -0.763. The molecule has 1 heterocycles. The first kappa shape index (κ1) is 14.3. The smallest absolute Gasteiger partial charge is 0.360 e. The summed E-state index contributed by atoms with van der Waals surface area (Å²) in [5, 5.41) is 18.1. The fourth-order valence-electron chi connectivity index (χ4n) is 2.42. The summed E-state index contributed by atoms with van der Waals surface area (Å²) < 4.78 is 6.42. The first-order chi connectivity index (χ1) is 9.09. The quantitative estimate of drug-likeness (QED) is 0.656. The van der Waals surface area contributed by atoms with E-state index in [9.17, 15) is 9.90 Å². The van der Waals surface area contributed by atoms with Gasteiger partial charge in [-0.05, 0) is 19.8 Å². The molecule has 0 aliphatic heterocycles. The predicted octanol–water partition coefficient (Wildman–Crippen LogP) is 1.50. The van der Waals surface area contributed by atoms with Gasteiger partial charge in [-0.25, -0.2) is 9.48 Å². The number of alkyl halides is 1. The number of esters is 1. The Morgan fingerprint density at radius 1 is 1.53 bits per heavy atom. The third kappa shape index (κ3) is 3.06. The topological polar surface area (TPSA) is 77.2 Å². The molecule has 0 amide bonds. The van der Waals surface area contributed by atoms with Crippen LogP contribution >= 0.6 is 11.6 Å². The van der Waals surface area contributed by atoms with Crippen molar-refractivity contribution in [3.8, 4) is 0 Å². The summed E-state index contributed by atoms with van der Waals surface area (Å²) in [7, 11) is 0. The van der Waals surface area contributed by atoms with Crippen molar-refractivity contribution in [2.24, 2.45) is 0 Å². The Morgan fingerprint density at radius 3 is 2.79 bits per heavy atom. The minimum absolute atomic E-state index is 0.108. The number of hydrogen-bond donors (Lipinski definition) is 1. The zero-order valence-electron chi connectivity index (χ0n) is 10.9. The van der Waals surface area contributed by atoms with E-state index in [1.54, 1.807) is 6.92 Å². The number of hydrogen-bond acceptors (Lipinski definition) is 5. The molecule has 0 bridgehead atoms. The molecule has 1 aliphatic rings. The lowest BCUT2D eigenvalue weighted by Crippen LogP contribution is -2.31. The lowest BCUT2D eigenvalue weighted by atomic mass is 10.0. The van der Waals surface area contributed by atoms with E-state index in [-0.39, 0.29) is 18.2 Å². The molecule has 0 unspecified atom stereocenters. The van der Waals surface area contributed by atoms with Crippen molar-refractivity contribution in [2.75, 3.05) is 6.61 Å². The fourth-order valence-corrected chi connectivity index (χ4v) is 2.68. The van der Waals surface area contributed by atoms with Crippen molar-refractivity contribution in [3.05, 3.63) is 11.4 Å². The molecular weight excluding hydrogens is 270 g/mol. The number of rotatable bonds is 5. The molecule has 106 valence electrons. The second-order valence-corrected chi connectivity index (χ2v) is 5.10. The molecule has 19 heavy (non-hydrogen) atoms. The molecule has 0 atom stereocenters. The number of carbonyl (C=O) groups is 1. The molecule has 1 saturated carbocycles. The van der Waals surface area contributed by atoms with E-state index in [2.05, 4.69) is 10.3 Å². The second kappa shape index (κ2) is 5.88. The number of nitrogens with zero attached hydrogens (tertiary/aromatic N) is 3. The predicted molar refractivity (Wildman–Crippen MR) is 69.0 cm³/mol. The number of carbonyl (C=O) groups excluding carboxylic acids is 1. The van der Waals surface area contributed by atoms with Crippen molar-refractivity contribution >= 4 is 17.6 Å². The van der Waals surface area contributed by atoms with Gasteiger partial charge in [-0.1, -0.05) is 18.1 Å². The van der Waals surface area contributed by atoms with Gasteiger partial charge in [0.1, 0.15) is 0 Å². The highest BCUT2D eigenvalue weighted by molar-refractivity contribution is 6.17. The normalized spacial score (nSPS) is 17.6. The molecule has 1 N–H and O–H groups in total. The van der Waals surface area contributed by atoms with Crippen LogP contribution in [0.4, 0.5) is 0 Å². The average Bonchev–Trinajstić information content (AvgIpc) is 2.96. The molecule has 6 nitrogen and oxygen atoms in total. The van der Waals surface area contributed by atoms with Crippen LogP contribution < -0.4 is 0 Å². The Balaban J connectivity index is 2.19. The second-order valence-electron chi connectivity index (χ2n) is 4.83.